The number of nitrogens with one attached hydrogen (secondary N) is 4. The molecule has 0 radical (unpaired) electrons. The predicted octanol–water partition coefficient (Wildman–Crippen LogP) is 18.3. The monoisotopic (exact) mass is 1960 g/mol. The number of sulfonamides is 2. The first-order valence-corrected chi connectivity index (χ1v) is 46.1. The van der Waals surface area contributed by atoms with Crippen LogP contribution in [0.3, 0.4) is 0 Å². The van der Waals surface area contributed by atoms with Gasteiger partial charge in [0, 0.05) is 92.6 Å². The molecule has 0 saturated heterocycles. The van der Waals surface area contributed by atoms with E-state index in [2.05, 4.69) is 73.3 Å². The van der Waals surface area contributed by atoms with E-state index in [9.17, 15) is 31.2 Å². The number of H-pyrrole nitrogens is 4. The zero-order valence-electron chi connectivity index (χ0n) is 79.9. The molecule has 16 rings (SSSR count). The van der Waals surface area contributed by atoms with Crippen molar-refractivity contribution in [2.75, 3.05) is 44.3 Å². The molecule has 0 bridgehead atoms. The minimum atomic E-state index is -3.65. The summed E-state index contributed by atoms with van der Waals surface area (Å²) in [6.07, 6.45) is 6.86. The van der Waals surface area contributed by atoms with Crippen molar-refractivity contribution >= 4 is 83.6 Å². The minimum Gasteiger partial charge on any atom is -0.508 e. The van der Waals surface area contributed by atoms with Crippen LogP contribution in [-0.2, 0) is 20.0 Å². The quantitative estimate of drug-likeness (QED) is 0.0672. The molecule has 0 aliphatic heterocycles. The summed E-state index contributed by atoms with van der Waals surface area (Å²) in [6.45, 7) is 30.6. The molecular formula is C100H121Cl2N19O13S3. The van der Waals surface area contributed by atoms with Crippen molar-refractivity contribution in [2.24, 2.45) is 16.0 Å². The molecule has 7 aromatic carbocycles. The highest BCUT2D eigenvalue weighted by atomic mass is 35.5. The summed E-state index contributed by atoms with van der Waals surface area (Å²) in [5.41, 5.74) is 43.7. The van der Waals surface area contributed by atoms with Crippen LogP contribution in [0.4, 0.5) is 23.1 Å². The second-order valence-electron chi connectivity index (χ2n) is 29.8. The molecule has 1 amide bonds. The van der Waals surface area contributed by atoms with Gasteiger partial charge in [-0.1, -0.05) is 125 Å². The van der Waals surface area contributed by atoms with Gasteiger partial charge in [-0.05, 0) is 289 Å². The van der Waals surface area contributed by atoms with Crippen LogP contribution in [0.25, 0.3) is 22.8 Å². The van der Waals surface area contributed by atoms with Gasteiger partial charge < -0.3 is 58.2 Å². The van der Waals surface area contributed by atoms with E-state index in [1.54, 1.807) is 125 Å². The molecule has 0 unspecified atom stereocenters. The van der Waals surface area contributed by atoms with E-state index < -0.39 is 26.0 Å². The summed E-state index contributed by atoms with van der Waals surface area (Å²) in [5, 5.41) is 50.3. The number of phenolic OH excluding ortho intramolecular Hbond substituents is 3. The lowest BCUT2D eigenvalue weighted by atomic mass is 10.1. The third-order valence-corrected chi connectivity index (χ3v) is 21.1. The second kappa shape index (κ2) is 60.2. The first-order chi connectivity index (χ1) is 64.5. The number of pyridine rings is 6. The first-order valence-electron chi connectivity index (χ1n) is 41.4. The zero-order valence-corrected chi connectivity index (χ0v) is 83.8. The SMILES string of the molecule is COc1ccc(C)c(O)c1.COc1ccc(C)c(S(N)(=O)=O)c1.COc1ccc(C)cc1O.Cc1cc(C(N)=O)ccc1O.Cc1cc(N)ccn1.Cc1ccc(-c2n[nH]c(=O)[nH]2)cc1.Cc1ccc(C)c(N)n1.Cc1ccc(Cl)cn1.Cc1ccc(Cl)s1.Cc1cccc(-c2n[nH]c(=O)[nH]2)c1.Cc1cccc(N)n1.Cc1ccccc1S(N)(=O)=O.Cc1ccnc(C)c1.Cc1ccnc(N)c1. The number of ether oxygens (including phenoxy) is 3. The second-order valence-corrected chi connectivity index (χ2v) is 35.2. The lowest BCUT2D eigenvalue weighted by Gasteiger charge is -2.05. The van der Waals surface area contributed by atoms with Crippen LogP contribution in [0.5, 0.6) is 34.5 Å². The summed E-state index contributed by atoms with van der Waals surface area (Å²) in [7, 11) is -2.60. The van der Waals surface area contributed by atoms with Crippen molar-refractivity contribution in [2.45, 2.75) is 121 Å². The Morgan fingerprint density at radius 1 is 0.394 bits per heavy atom. The molecular weight excluding hydrogens is 1840 g/mol. The Hall–Kier alpha value is -15.1. The zero-order chi connectivity index (χ0) is 103. The molecule has 0 spiro atoms. The molecule has 0 saturated carbocycles. The van der Waals surface area contributed by atoms with Gasteiger partial charge in [0.1, 0.15) is 40.5 Å². The van der Waals surface area contributed by atoms with Gasteiger partial charge in [0.05, 0.1) is 40.5 Å². The van der Waals surface area contributed by atoms with E-state index in [0.29, 0.717) is 73.6 Å². The number of hydrogen-bond acceptors (Lipinski definition) is 26. The van der Waals surface area contributed by atoms with E-state index in [1.165, 1.54) is 54.5 Å². The first kappa shape index (κ1) is 116. The molecule has 32 nitrogen and oxygen atoms in total. The smallest absolute Gasteiger partial charge is 0.340 e. The maximum Gasteiger partial charge on any atom is 0.340 e. The molecule has 37 heteroatoms. The number of hydrogen-bond donors (Lipinski definition) is 14. The Bertz CT molecular complexity index is 6480. The predicted molar refractivity (Wildman–Crippen MR) is 551 cm³/mol. The van der Waals surface area contributed by atoms with Gasteiger partial charge >= 0.3 is 11.4 Å². The number of aromatic hydroxyl groups is 3. The summed E-state index contributed by atoms with van der Waals surface area (Å²) in [5.74, 6) is 4.82. The molecule has 0 aliphatic rings. The van der Waals surface area contributed by atoms with Crippen LogP contribution >= 0.6 is 34.5 Å². The Labute approximate surface area is 814 Å². The molecule has 21 N–H and O–H groups in total. The molecule has 0 atom stereocenters. The number of rotatable bonds is 8. The number of aromatic amines is 4. The number of carbonyl (C=O) groups is 1. The Kier molecular flexibility index (Phi) is 51.0. The number of primary amides is 1. The number of primary sulfonamides is 2. The van der Waals surface area contributed by atoms with Gasteiger partial charge in [0.2, 0.25) is 26.0 Å². The molecule has 726 valence electrons. The molecule has 9 heterocycles. The fourth-order valence-electron chi connectivity index (χ4n) is 10.4. The van der Waals surface area contributed by atoms with E-state index >= 15 is 0 Å². The number of nitrogens with two attached hydrogens (primary N) is 7. The average Bonchev–Trinajstić information content (AvgIpc) is 1.48. The summed E-state index contributed by atoms with van der Waals surface area (Å²) in [6, 6.07) is 70.4. The number of aromatic nitrogens is 12. The fraction of sp³-hybridized carbons (Fsp3) is 0.190. The highest BCUT2D eigenvalue weighted by molar-refractivity contribution is 7.89. The van der Waals surface area contributed by atoms with Crippen LogP contribution in [-0.4, -0.2) is 120 Å². The van der Waals surface area contributed by atoms with Crippen LogP contribution in [0.1, 0.15) is 99.3 Å². The number of benzene rings is 7. The van der Waals surface area contributed by atoms with E-state index in [-0.39, 0.29) is 38.4 Å². The number of nitrogen functional groups attached to an aromatic ring is 4. The number of anilines is 4. The van der Waals surface area contributed by atoms with Crippen LogP contribution in [0, 0.1) is 111 Å². The van der Waals surface area contributed by atoms with Gasteiger partial charge in [-0.3, -0.25) is 29.7 Å². The lowest BCUT2D eigenvalue weighted by Crippen LogP contribution is -2.13. The van der Waals surface area contributed by atoms with Crippen molar-refractivity contribution < 1.29 is 51.2 Å². The largest absolute Gasteiger partial charge is 0.508 e. The topological polar surface area (TPSA) is 556 Å². The number of methoxy groups -OCH3 is 3. The molecule has 9 aromatic heterocycles. The van der Waals surface area contributed by atoms with Crippen molar-refractivity contribution in [1.29, 1.82) is 0 Å². The molecule has 0 aliphatic carbocycles. The lowest BCUT2D eigenvalue weighted by molar-refractivity contribution is 0.1000. The van der Waals surface area contributed by atoms with Gasteiger partial charge in [-0.25, -0.2) is 61.9 Å². The number of amides is 1. The third-order valence-electron chi connectivity index (χ3n) is 17.6. The highest BCUT2D eigenvalue weighted by Crippen LogP contribution is 2.27. The number of phenols is 3. The Morgan fingerprint density at radius 3 is 1.32 bits per heavy atom. The molecule has 0 fully saturated rings. The highest BCUT2D eigenvalue weighted by Gasteiger charge is 2.13. The summed E-state index contributed by atoms with van der Waals surface area (Å²) < 4.78 is 59.2. The maximum absolute atomic E-state index is 11.0. The maximum atomic E-state index is 11.0. The number of nitrogens with zero attached hydrogens (tertiary/aromatic N) is 8. The number of thiophene rings is 1. The average molecular weight is 1960 g/mol. The normalized spacial score (nSPS) is 9.86. The van der Waals surface area contributed by atoms with Crippen LogP contribution in [0.2, 0.25) is 9.36 Å². The van der Waals surface area contributed by atoms with Gasteiger partial charge in [0.25, 0.3) is 0 Å². The van der Waals surface area contributed by atoms with Crippen LogP contribution < -0.4 is 64.5 Å². The van der Waals surface area contributed by atoms with E-state index in [0.717, 1.165) is 77.4 Å². The molecule has 137 heavy (non-hydrogen) atoms. The fourth-order valence-corrected chi connectivity index (χ4v) is 13.1. The molecule has 16 aromatic rings. The van der Waals surface area contributed by atoms with Crippen molar-refractivity contribution in [3.63, 3.8) is 0 Å². The number of halogens is 2. The van der Waals surface area contributed by atoms with Crippen molar-refractivity contribution in [1.82, 2.24) is 60.3 Å². The van der Waals surface area contributed by atoms with Crippen molar-refractivity contribution in [3.05, 3.63) is 386 Å². The van der Waals surface area contributed by atoms with Gasteiger partial charge in [-0.2, -0.15) is 10.2 Å². The standard InChI is InChI=1S/2C9H9N3O.C8H11NO3S.C8H9NO2.2C8H10O2.C7H10N2.C7H9NO2S.C7H9N.C6H6ClN.3C6H8N2.C5H5ClS/c1-6-2-4-7(5-3-6)8-10-9(13)12-11-8;1-6-3-2-4-7(5-6)8-10-9(13)12-11-8;1-6-3-4-7(12-2)5-8(6)13(9,10)11;1-5-4-6(8(9)11)2-3-7(5)10;1-6-3-4-7(10-2)5-8(6)9;1-6-3-4-8(10-2)7(9)5-6;1-5-3-4-6(2)9-7(5)8;1-6-4-2-3-5-7(6)11(8,9)10;1-6-3-4-8-7(2)5-6;1-5-2-3-6(7)4-8-5;1-5-4-6(7)2-3-8-5;1-5-2-3-8-6(7)4-5;1-5-3-2-4-6(7)8-5;1-4-2-3-5(6)7-4/h2*2-5H,1H3,(H2,10,11,12,13);3-5H,1-2H3,(H2,9,10,11);2-4,10H,1H3,(H2,9,11);2*3-5,9H,1-2H3;3-4H,1-2H3,(H2,8,9);2-5H,1H3,(H2,8,9,10);3-5H,1-2H3;2-4H,1H3;3*2-4H,1H3,(H2,7,8);2-3H,1H3. The minimum absolute atomic E-state index is 0.104. The van der Waals surface area contributed by atoms with Gasteiger partial charge in [0.15, 0.2) is 23.1 Å². The van der Waals surface area contributed by atoms with Crippen LogP contribution in [0.15, 0.2) is 281 Å². The Morgan fingerprint density at radius 2 is 0.920 bits per heavy atom. The van der Waals surface area contributed by atoms with Gasteiger partial charge in [-0.15, -0.1) is 11.3 Å². The number of carbonyl (C=O) groups excluding carboxylic acids is 1. The van der Waals surface area contributed by atoms with E-state index in [1.807, 2.05) is 229 Å². The summed E-state index contributed by atoms with van der Waals surface area (Å²) >= 11 is 12.7. The Balaban J connectivity index is 0.000000381. The van der Waals surface area contributed by atoms with E-state index in [4.69, 9.17) is 91.7 Å². The summed E-state index contributed by atoms with van der Waals surface area (Å²) in [4.78, 5) is 62.7. The van der Waals surface area contributed by atoms with Crippen molar-refractivity contribution in [3.8, 4) is 57.3 Å². The third kappa shape index (κ3) is 48.4. The number of aryl methyl sites for hydroxylation is 16.